The predicted octanol–water partition coefficient (Wildman–Crippen LogP) is 4.49. The smallest absolute Gasteiger partial charge is 0.196 e. The zero-order valence-corrected chi connectivity index (χ0v) is 12.4. The van der Waals surface area contributed by atoms with Gasteiger partial charge in [0.25, 0.3) is 0 Å². The standard InChI is InChI=1S/C12H6Br2ClNO/c13-8-4-7(5-9(14)6-8)11(17)10-2-1-3-16-12(10)15/h1-6H. The van der Waals surface area contributed by atoms with Crippen molar-refractivity contribution in [3.63, 3.8) is 0 Å². The molecule has 0 atom stereocenters. The fraction of sp³-hybridized carbons (Fsp3) is 0. The topological polar surface area (TPSA) is 30.0 Å². The lowest BCUT2D eigenvalue weighted by molar-refractivity contribution is 0.103. The highest BCUT2D eigenvalue weighted by Gasteiger charge is 2.14. The summed E-state index contributed by atoms with van der Waals surface area (Å²) in [6.45, 7) is 0. The lowest BCUT2D eigenvalue weighted by atomic mass is 10.1. The van der Waals surface area contributed by atoms with E-state index in [2.05, 4.69) is 36.8 Å². The van der Waals surface area contributed by atoms with Crippen molar-refractivity contribution in [2.45, 2.75) is 0 Å². The number of rotatable bonds is 2. The van der Waals surface area contributed by atoms with E-state index in [9.17, 15) is 4.79 Å². The minimum atomic E-state index is -0.148. The van der Waals surface area contributed by atoms with Gasteiger partial charge in [0, 0.05) is 20.7 Å². The van der Waals surface area contributed by atoms with E-state index in [1.165, 1.54) is 0 Å². The van der Waals surface area contributed by atoms with Crippen molar-refractivity contribution < 1.29 is 4.79 Å². The van der Waals surface area contributed by atoms with Crippen molar-refractivity contribution in [3.05, 3.63) is 61.8 Å². The summed E-state index contributed by atoms with van der Waals surface area (Å²) in [7, 11) is 0. The molecule has 2 nitrogen and oxygen atoms in total. The number of halogens is 3. The molecular formula is C12H6Br2ClNO. The first-order valence-corrected chi connectivity index (χ1v) is 6.65. The summed E-state index contributed by atoms with van der Waals surface area (Å²) in [4.78, 5) is 16.1. The van der Waals surface area contributed by atoms with Crippen molar-refractivity contribution >= 4 is 49.2 Å². The van der Waals surface area contributed by atoms with Crippen LogP contribution in [-0.4, -0.2) is 10.8 Å². The van der Waals surface area contributed by atoms with Crippen molar-refractivity contribution in [2.75, 3.05) is 0 Å². The van der Waals surface area contributed by atoms with Gasteiger partial charge in [-0.05, 0) is 30.3 Å². The van der Waals surface area contributed by atoms with Gasteiger partial charge in [0.1, 0.15) is 5.15 Å². The van der Waals surface area contributed by atoms with Crippen LogP contribution in [0.2, 0.25) is 5.15 Å². The second kappa shape index (κ2) is 5.29. The third-order valence-corrected chi connectivity index (χ3v) is 3.35. The van der Waals surface area contributed by atoms with Crippen LogP contribution >= 0.6 is 43.5 Å². The molecule has 0 saturated carbocycles. The zero-order chi connectivity index (χ0) is 12.4. The molecule has 1 heterocycles. The van der Waals surface area contributed by atoms with Crippen molar-refractivity contribution in [1.29, 1.82) is 0 Å². The first kappa shape index (κ1) is 12.7. The second-order valence-corrected chi connectivity index (χ2v) is 5.52. The van der Waals surface area contributed by atoms with E-state index in [4.69, 9.17) is 11.6 Å². The molecule has 17 heavy (non-hydrogen) atoms. The molecule has 0 unspecified atom stereocenters. The fourth-order valence-electron chi connectivity index (χ4n) is 1.40. The number of hydrogen-bond donors (Lipinski definition) is 0. The highest BCUT2D eigenvalue weighted by molar-refractivity contribution is 9.11. The summed E-state index contributed by atoms with van der Waals surface area (Å²) in [6.07, 6.45) is 1.55. The molecule has 0 radical (unpaired) electrons. The number of ketones is 1. The molecule has 86 valence electrons. The Hall–Kier alpha value is -0.710. The highest BCUT2D eigenvalue weighted by Crippen LogP contribution is 2.23. The minimum absolute atomic E-state index is 0.148. The largest absolute Gasteiger partial charge is 0.288 e. The third-order valence-electron chi connectivity index (χ3n) is 2.13. The maximum Gasteiger partial charge on any atom is 0.196 e. The van der Waals surface area contributed by atoms with Crippen LogP contribution in [0.4, 0.5) is 0 Å². The molecule has 0 aliphatic carbocycles. The number of aromatic nitrogens is 1. The Labute approximate surface area is 120 Å². The fourth-order valence-corrected chi connectivity index (χ4v) is 2.89. The van der Waals surface area contributed by atoms with Crippen LogP contribution in [0, 0.1) is 0 Å². The number of benzene rings is 1. The van der Waals surface area contributed by atoms with Gasteiger partial charge in [0.05, 0.1) is 5.56 Å². The van der Waals surface area contributed by atoms with Gasteiger partial charge in [-0.25, -0.2) is 4.98 Å². The number of pyridine rings is 1. The maximum atomic E-state index is 12.2. The number of nitrogens with zero attached hydrogens (tertiary/aromatic N) is 1. The maximum absolute atomic E-state index is 12.2. The normalized spacial score (nSPS) is 10.3. The van der Waals surface area contributed by atoms with Gasteiger partial charge < -0.3 is 0 Å². The molecule has 0 bridgehead atoms. The van der Waals surface area contributed by atoms with E-state index in [0.29, 0.717) is 11.1 Å². The molecule has 0 saturated heterocycles. The Bertz CT molecular complexity index is 566. The molecule has 0 amide bonds. The molecule has 2 rings (SSSR count). The molecule has 0 fully saturated rings. The molecule has 1 aromatic carbocycles. The van der Waals surface area contributed by atoms with Crippen LogP contribution in [0.25, 0.3) is 0 Å². The summed E-state index contributed by atoms with van der Waals surface area (Å²) in [5.41, 5.74) is 0.959. The van der Waals surface area contributed by atoms with Crippen LogP contribution in [0.1, 0.15) is 15.9 Å². The van der Waals surface area contributed by atoms with Gasteiger partial charge in [-0.3, -0.25) is 4.79 Å². The molecule has 0 aliphatic heterocycles. The molecule has 0 spiro atoms. The Kier molecular flexibility index (Phi) is 3.97. The van der Waals surface area contributed by atoms with Gasteiger partial charge in [0.15, 0.2) is 5.78 Å². The quantitative estimate of drug-likeness (QED) is 0.572. The Morgan fingerprint density at radius 1 is 1.18 bits per heavy atom. The third kappa shape index (κ3) is 2.94. The SMILES string of the molecule is O=C(c1cc(Br)cc(Br)c1)c1cccnc1Cl. The summed E-state index contributed by atoms with van der Waals surface area (Å²) in [6, 6.07) is 8.70. The van der Waals surface area contributed by atoms with Crippen molar-refractivity contribution in [3.8, 4) is 0 Å². The van der Waals surface area contributed by atoms with Gasteiger partial charge >= 0.3 is 0 Å². The monoisotopic (exact) mass is 373 g/mol. The molecule has 2 aromatic rings. The molecule has 5 heteroatoms. The average molecular weight is 375 g/mol. The van der Waals surface area contributed by atoms with Crippen LogP contribution in [-0.2, 0) is 0 Å². The summed E-state index contributed by atoms with van der Waals surface area (Å²) in [5, 5.41) is 0.216. The summed E-state index contributed by atoms with van der Waals surface area (Å²) >= 11 is 12.6. The molecule has 0 aliphatic rings. The molecule has 0 N–H and O–H groups in total. The van der Waals surface area contributed by atoms with Crippen molar-refractivity contribution in [2.24, 2.45) is 0 Å². The van der Waals surface area contributed by atoms with Crippen molar-refractivity contribution in [1.82, 2.24) is 4.98 Å². The van der Waals surface area contributed by atoms with E-state index in [1.54, 1.807) is 30.5 Å². The van der Waals surface area contributed by atoms with Crippen LogP contribution in [0.5, 0.6) is 0 Å². The van der Waals surface area contributed by atoms with Gasteiger partial charge in [-0.1, -0.05) is 43.5 Å². The molecule has 1 aromatic heterocycles. The first-order chi connectivity index (χ1) is 8.08. The summed E-state index contributed by atoms with van der Waals surface area (Å²) in [5.74, 6) is -0.148. The van der Waals surface area contributed by atoms with E-state index < -0.39 is 0 Å². The van der Waals surface area contributed by atoms with Crippen LogP contribution < -0.4 is 0 Å². The van der Waals surface area contributed by atoms with Crippen LogP contribution in [0.3, 0.4) is 0 Å². The van der Waals surface area contributed by atoms with E-state index in [1.807, 2.05) is 6.07 Å². The Balaban J connectivity index is 2.48. The van der Waals surface area contributed by atoms with Gasteiger partial charge in [-0.2, -0.15) is 0 Å². The first-order valence-electron chi connectivity index (χ1n) is 4.69. The highest BCUT2D eigenvalue weighted by atomic mass is 79.9. The lowest BCUT2D eigenvalue weighted by Gasteiger charge is -2.04. The van der Waals surface area contributed by atoms with E-state index in [0.717, 1.165) is 8.95 Å². The number of carbonyl (C=O) groups is 1. The van der Waals surface area contributed by atoms with E-state index >= 15 is 0 Å². The Morgan fingerprint density at radius 2 is 1.82 bits per heavy atom. The van der Waals surface area contributed by atoms with Gasteiger partial charge in [0.2, 0.25) is 0 Å². The van der Waals surface area contributed by atoms with Gasteiger partial charge in [-0.15, -0.1) is 0 Å². The molecular weight excluding hydrogens is 369 g/mol. The van der Waals surface area contributed by atoms with Crippen LogP contribution in [0.15, 0.2) is 45.5 Å². The number of hydrogen-bond acceptors (Lipinski definition) is 2. The lowest BCUT2D eigenvalue weighted by Crippen LogP contribution is -2.03. The second-order valence-electron chi connectivity index (χ2n) is 3.33. The average Bonchev–Trinajstić information content (AvgIpc) is 2.27. The number of carbonyl (C=O) groups excluding carboxylic acids is 1. The van der Waals surface area contributed by atoms with E-state index in [-0.39, 0.29) is 10.9 Å². The predicted molar refractivity (Wildman–Crippen MR) is 74.5 cm³/mol. The minimum Gasteiger partial charge on any atom is -0.288 e. The Morgan fingerprint density at radius 3 is 2.41 bits per heavy atom. The summed E-state index contributed by atoms with van der Waals surface area (Å²) < 4.78 is 1.66. The zero-order valence-electron chi connectivity index (χ0n) is 8.45.